The fraction of sp³-hybridized carbons (Fsp3) is 0.125. The van der Waals surface area contributed by atoms with Gasteiger partial charge in [-0.25, -0.2) is 4.98 Å². The molecule has 28 heavy (non-hydrogen) atoms. The molecular weight excluding hydrogens is 368 g/mol. The second kappa shape index (κ2) is 8.77. The summed E-state index contributed by atoms with van der Waals surface area (Å²) in [7, 11) is 0. The summed E-state index contributed by atoms with van der Waals surface area (Å²) in [6.45, 7) is 1.47. The molecule has 0 atom stereocenters. The van der Waals surface area contributed by atoms with Gasteiger partial charge in [0.15, 0.2) is 0 Å². The first kappa shape index (κ1) is 18.3. The average molecular weight is 389 g/mol. The van der Waals surface area contributed by atoms with Crippen molar-refractivity contribution in [2.75, 3.05) is 6.61 Å². The Labute approximate surface area is 169 Å². The molecule has 3 aromatic carbocycles. The Morgan fingerprint density at radius 1 is 0.857 bits per heavy atom. The first-order valence-corrected chi connectivity index (χ1v) is 9.74. The lowest BCUT2D eigenvalue weighted by Gasteiger charge is -2.09. The summed E-state index contributed by atoms with van der Waals surface area (Å²) in [5.74, 6) is 1.79. The van der Waals surface area contributed by atoms with E-state index in [0.717, 1.165) is 41.1 Å². The maximum absolute atomic E-state index is 5.92. The molecule has 4 rings (SSSR count). The zero-order chi connectivity index (χ0) is 19.2. The van der Waals surface area contributed by atoms with Gasteiger partial charge in [-0.15, -0.1) is 0 Å². The van der Waals surface area contributed by atoms with Crippen LogP contribution in [0.3, 0.4) is 0 Å². The van der Waals surface area contributed by atoms with Crippen LogP contribution < -0.4 is 4.74 Å². The minimum atomic E-state index is 0.635. The van der Waals surface area contributed by atoms with Crippen LogP contribution in [-0.4, -0.2) is 16.2 Å². The molecule has 4 heteroatoms. The van der Waals surface area contributed by atoms with Gasteiger partial charge in [-0.3, -0.25) is 0 Å². The van der Waals surface area contributed by atoms with Crippen LogP contribution in [0.4, 0.5) is 0 Å². The van der Waals surface area contributed by atoms with Crippen molar-refractivity contribution < 1.29 is 4.74 Å². The Bertz CT molecular complexity index is 1070. The van der Waals surface area contributed by atoms with Crippen molar-refractivity contribution in [2.24, 2.45) is 0 Å². The van der Waals surface area contributed by atoms with Crippen molar-refractivity contribution in [1.29, 1.82) is 0 Å². The number of imidazole rings is 1. The monoisotopic (exact) mass is 388 g/mol. The number of para-hydroxylation sites is 2. The van der Waals surface area contributed by atoms with Crippen LogP contribution in [0.2, 0.25) is 5.02 Å². The highest BCUT2D eigenvalue weighted by molar-refractivity contribution is 6.30. The normalized spacial score (nSPS) is 11.3. The minimum Gasteiger partial charge on any atom is -0.494 e. The first-order chi connectivity index (χ1) is 13.8. The van der Waals surface area contributed by atoms with Crippen LogP contribution in [-0.2, 0) is 6.54 Å². The van der Waals surface area contributed by atoms with Gasteiger partial charge in [-0.05, 0) is 54.5 Å². The van der Waals surface area contributed by atoms with Crippen molar-refractivity contribution >= 4 is 34.8 Å². The first-order valence-electron chi connectivity index (χ1n) is 9.36. The van der Waals surface area contributed by atoms with Crippen LogP contribution in [0.5, 0.6) is 5.75 Å². The highest BCUT2D eigenvalue weighted by Crippen LogP contribution is 2.19. The predicted molar refractivity (Wildman–Crippen MR) is 117 cm³/mol. The summed E-state index contributed by atoms with van der Waals surface area (Å²) in [5, 5.41) is 0.715. The minimum absolute atomic E-state index is 0.635. The standard InChI is InChI=1S/C24H21ClN2O/c25-20-12-14-21(15-13-20)28-18-6-17-27-23-10-5-4-9-22(23)26-24(27)16-11-19-7-2-1-3-8-19/h1-5,7-16H,6,17-18H2/b16-11+. The molecule has 0 unspecified atom stereocenters. The van der Waals surface area contributed by atoms with E-state index in [1.165, 1.54) is 0 Å². The Balaban J connectivity index is 1.48. The lowest BCUT2D eigenvalue weighted by molar-refractivity contribution is 0.302. The molecule has 0 saturated heterocycles. The van der Waals surface area contributed by atoms with Gasteiger partial charge < -0.3 is 9.30 Å². The van der Waals surface area contributed by atoms with E-state index in [4.69, 9.17) is 21.3 Å². The molecule has 0 saturated carbocycles. The van der Waals surface area contributed by atoms with Gasteiger partial charge in [0.05, 0.1) is 17.6 Å². The van der Waals surface area contributed by atoms with Crippen LogP contribution >= 0.6 is 11.6 Å². The summed E-state index contributed by atoms with van der Waals surface area (Å²) < 4.78 is 8.08. The molecule has 0 radical (unpaired) electrons. The molecule has 0 spiro atoms. The van der Waals surface area contributed by atoms with E-state index in [-0.39, 0.29) is 0 Å². The number of aryl methyl sites for hydroxylation is 1. The quantitative estimate of drug-likeness (QED) is 0.346. The number of fused-ring (bicyclic) bond motifs is 1. The molecule has 4 aromatic rings. The van der Waals surface area contributed by atoms with Crippen molar-refractivity contribution in [3.8, 4) is 5.75 Å². The van der Waals surface area contributed by atoms with Gasteiger partial charge in [0, 0.05) is 11.6 Å². The number of hydrogen-bond donors (Lipinski definition) is 0. The maximum Gasteiger partial charge on any atom is 0.133 e. The molecule has 0 aliphatic rings. The molecule has 140 valence electrons. The maximum atomic E-state index is 5.92. The molecule has 0 aliphatic heterocycles. The Hall–Kier alpha value is -3.04. The zero-order valence-electron chi connectivity index (χ0n) is 15.5. The van der Waals surface area contributed by atoms with Gasteiger partial charge in [0.2, 0.25) is 0 Å². The zero-order valence-corrected chi connectivity index (χ0v) is 16.2. The van der Waals surface area contributed by atoms with E-state index in [0.29, 0.717) is 11.6 Å². The third kappa shape index (κ3) is 4.44. The number of halogens is 1. The van der Waals surface area contributed by atoms with Crippen LogP contribution in [0.25, 0.3) is 23.2 Å². The van der Waals surface area contributed by atoms with Crippen molar-refractivity contribution in [2.45, 2.75) is 13.0 Å². The molecule has 0 amide bonds. The van der Waals surface area contributed by atoms with Gasteiger partial charge in [0.25, 0.3) is 0 Å². The van der Waals surface area contributed by atoms with Crippen LogP contribution in [0.1, 0.15) is 17.8 Å². The smallest absolute Gasteiger partial charge is 0.133 e. The van der Waals surface area contributed by atoms with E-state index >= 15 is 0 Å². The average Bonchev–Trinajstić information content (AvgIpc) is 3.09. The largest absolute Gasteiger partial charge is 0.494 e. The Morgan fingerprint density at radius 3 is 2.43 bits per heavy atom. The third-order valence-corrected chi connectivity index (χ3v) is 4.77. The van der Waals surface area contributed by atoms with E-state index in [1.54, 1.807) is 0 Å². The number of rotatable bonds is 7. The lowest BCUT2D eigenvalue weighted by Crippen LogP contribution is -2.06. The Kier molecular flexibility index (Phi) is 5.74. The number of nitrogens with zero attached hydrogens (tertiary/aromatic N) is 2. The van der Waals surface area contributed by atoms with Crippen LogP contribution in [0, 0.1) is 0 Å². The topological polar surface area (TPSA) is 27.1 Å². The summed E-state index contributed by atoms with van der Waals surface area (Å²) in [6.07, 6.45) is 5.06. The number of aromatic nitrogens is 2. The van der Waals surface area contributed by atoms with Gasteiger partial charge in [-0.1, -0.05) is 60.1 Å². The number of hydrogen-bond acceptors (Lipinski definition) is 2. The predicted octanol–water partition coefficient (Wildman–Crippen LogP) is 6.33. The molecule has 0 aliphatic carbocycles. The van der Waals surface area contributed by atoms with Crippen molar-refractivity contribution in [3.05, 3.63) is 95.3 Å². The highest BCUT2D eigenvalue weighted by atomic mass is 35.5. The van der Waals surface area contributed by atoms with Gasteiger partial charge in [-0.2, -0.15) is 0 Å². The van der Waals surface area contributed by atoms with E-state index in [2.05, 4.69) is 47.1 Å². The third-order valence-electron chi connectivity index (χ3n) is 4.52. The Morgan fingerprint density at radius 2 is 1.61 bits per heavy atom. The lowest BCUT2D eigenvalue weighted by atomic mass is 10.2. The molecule has 0 N–H and O–H groups in total. The molecule has 1 aromatic heterocycles. The molecule has 3 nitrogen and oxygen atoms in total. The second-order valence-electron chi connectivity index (χ2n) is 6.51. The fourth-order valence-electron chi connectivity index (χ4n) is 3.13. The van der Waals surface area contributed by atoms with Gasteiger partial charge in [0.1, 0.15) is 11.6 Å². The van der Waals surface area contributed by atoms with E-state index < -0.39 is 0 Å². The fourth-order valence-corrected chi connectivity index (χ4v) is 3.26. The second-order valence-corrected chi connectivity index (χ2v) is 6.95. The summed E-state index contributed by atoms with van der Waals surface area (Å²) in [5.41, 5.74) is 3.31. The van der Waals surface area contributed by atoms with E-state index in [9.17, 15) is 0 Å². The number of ether oxygens (including phenoxy) is 1. The summed E-state index contributed by atoms with van der Waals surface area (Å²) in [4.78, 5) is 4.80. The van der Waals surface area contributed by atoms with Crippen molar-refractivity contribution in [1.82, 2.24) is 9.55 Å². The summed E-state index contributed by atoms with van der Waals surface area (Å²) >= 11 is 5.92. The molecule has 0 bridgehead atoms. The molecular formula is C24H21ClN2O. The highest BCUT2D eigenvalue weighted by Gasteiger charge is 2.08. The summed E-state index contributed by atoms with van der Waals surface area (Å²) in [6, 6.07) is 26.0. The van der Waals surface area contributed by atoms with E-state index in [1.807, 2.05) is 48.5 Å². The number of benzene rings is 3. The SMILES string of the molecule is Clc1ccc(OCCCn2c(/C=C/c3ccccc3)nc3ccccc32)cc1. The van der Waals surface area contributed by atoms with Crippen LogP contribution in [0.15, 0.2) is 78.9 Å². The molecule has 0 fully saturated rings. The van der Waals surface area contributed by atoms with Gasteiger partial charge >= 0.3 is 0 Å². The van der Waals surface area contributed by atoms with Crippen molar-refractivity contribution in [3.63, 3.8) is 0 Å². The molecule has 1 heterocycles.